The summed E-state index contributed by atoms with van der Waals surface area (Å²) in [6, 6.07) is 2.96. The second-order valence-corrected chi connectivity index (χ2v) is 4.94. The van der Waals surface area contributed by atoms with Gasteiger partial charge in [0, 0.05) is 19.3 Å². The first-order chi connectivity index (χ1) is 7.14. The molecule has 1 heterocycles. The standard InChI is InChI=1S/C12H22N2O/c1-12(2,10-13)6-3-7-14-11-4-8-15-9-5-11/h11,14H,3-9H2,1-2H3. The van der Waals surface area contributed by atoms with Gasteiger partial charge in [-0.2, -0.15) is 5.26 Å². The average molecular weight is 210 g/mol. The summed E-state index contributed by atoms with van der Waals surface area (Å²) in [6.07, 6.45) is 4.31. The van der Waals surface area contributed by atoms with Crippen molar-refractivity contribution in [1.29, 1.82) is 5.26 Å². The van der Waals surface area contributed by atoms with Gasteiger partial charge < -0.3 is 10.1 Å². The fraction of sp³-hybridized carbons (Fsp3) is 0.917. The molecule has 0 aliphatic carbocycles. The van der Waals surface area contributed by atoms with E-state index in [0.717, 1.165) is 45.4 Å². The smallest absolute Gasteiger partial charge is 0.0683 e. The Morgan fingerprint density at radius 1 is 1.40 bits per heavy atom. The number of hydrogen-bond acceptors (Lipinski definition) is 3. The van der Waals surface area contributed by atoms with Crippen LogP contribution in [0, 0.1) is 16.7 Å². The number of nitrogens with zero attached hydrogens (tertiary/aromatic N) is 1. The molecule has 0 aromatic carbocycles. The van der Waals surface area contributed by atoms with E-state index in [-0.39, 0.29) is 5.41 Å². The molecule has 0 bridgehead atoms. The third-order valence-electron chi connectivity index (χ3n) is 2.94. The monoisotopic (exact) mass is 210 g/mol. The maximum absolute atomic E-state index is 8.86. The van der Waals surface area contributed by atoms with Gasteiger partial charge in [0.05, 0.1) is 11.5 Å². The zero-order valence-corrected chi connectivity index (χ0v) is 9.88. The van der Waals surface area contributed by atoms with Gasteiger partial charge in [-0.25, -0.2) is 0 Å². The molecule has 0 atom stereocenters. The van der Waals surface area contributed by atoms with Gasteiger partial charge in [0.25, 0.3) is 0 Å². The van der Waals surface area contributed by atoms with Gasteiger partial charge in [-0.15, -0.1) is 0 Å². The summed E-state index contributed by atoms with van der Waals surface area (Å²) >= 11 is 0. The minimum atomic E-state index is -0.169. The van der Waals surface area contributed by atoms with Crippen LogP contribution in [0.4, 0.5) is 0 Å². The minimum absolute atomic E-state index is 0.169. The molecule has 0 aromatic heterocycles. The zero-order valence-electron chi connectivity index (χ0n) is 9.88. The van der Waals surface area contributed by atoms with Crippen molar-refractivity contribution in [3.63, 3.8) is 0 Å². The Hall–Kier alpha value is -0.590. The van der Waals surface area contributed by atoms with Gasteiger partial charge in [-0.1, -0.05) is 0 Å². The molecule has 0 spiro atoms. The molecule has 3 nitrogen and oxygen atoms in total. The number of nitriles is 1. The van der Waals surface area contributed by atoms with E-state index in [0.29, 0.717) is 6.04 Å². The van der Waals surface area contributed by atoms with Gasteiger partial charge in [0.15, 0.2) is 0 Å². The van der Waals surface area contributed by atoms with Crippen molar-refractivity contribution in [2.75, 3.05) is 19.8 Å². The Balaban J connectivity index is 2.04. The topological polar surface area (TPSA) is 45.0 Å². The van der Waals surface area contributed by atoms with E-state index in [1.54, 1.807) is 0 Å². The van der Waals surface area contributed by atoms with Crippen LogP contribution in [0.2, 0.25) is 0 Å². The SMILES string of the molecule is CC(C)(C#N)CCCNC1CCOCC1. The lowest BCUT2D eigenvalue weighted by Gasteiger charge is -2.23. The van der Waals surface area contributed by atoms with Crippen molar-refractivity contribution >= 4 is 0 Å². The summed E-state index contributed by atoms with van der Waals surface area (Å²) in [5.41, 5.74) is -0.169. The van der Waals surface area contributed by atoms with Crippen molar-refractivity contribution in [2.45, 2.75) is 45.6 Å². The molecule has 1 aliphatic rings. The molecule has 15 heavy (non-hydrogen) atoms. The molecule has 86 valence electrons. The molecule has 1 saturated heterocycles. The molecule has 0 aromatic rings. The highest BCUT2D eigenvalue weighted by atomic mass is 16.5. The fourth-order valence-corrected chi connectivity index (χ4v) is 1.79. The van der Waals surface area contributed by atoms with Gasteiger partial charge in [0.1, 0.15) is 0 Å². The Bertz CT molecular complexity index is 214. The van der Waals surface area contributed by atoms with Gasteiger partial charge in [-0.05, 0) is 46.1 Å². The number of ether oxygens (including phenoxy) is 1. The van der Waals surface area contributed by atoms with Gasteiger partial charge in [-0.3, -0.25) is 0 Å². The fourth-order valence-electron chi connectivity index (χ4n) is 1.79. The van der Waals surface area contributed by atoms with Gasteiger partial charge >= 0.3 is 0 Å². The van der Waals surface area contributed by atoms with E-state index < -0.39 is 0 Å². The highest BCUT2D eigenvalue weighted by Crippen LogP contribution is 2.20. The summed E-state index contributed by atoms with van der Waals surface area (Å²) in [7, 11) is 0. The van der Waals surface area contributed by atoms with E-state index >= 15 is 0 Å². The van der Waals surface area contributed by atoms with E-state index in [4.69, 9.17) is 10.00 Å². The van der Waals surface area contributed by atoms with Crippen LogP contribution in [0.15, 0.2) is 0 Å². The van der Waals surface area contributed by atoms with Crippen LogP contribution in [0.5, 0.6) is 0 Å². The lowest BCUT2D eigenvalue weighted by atomic mass is 9.90. The number of nitrogens with one attached hydrogen (secondary N) is 1. The summed E-state index contributed by atoms with van der Waals surface area (Å²) in [4.78, 5) is 0. The van der Waals surface area contributed by atoms with E-state index in [1.807, 2.05) is 13.8 Å². The maximum atomic E-state index is 8.86. The Morgan fingerprint density at radius 3 is 2.67 bits per heavy atom. The van der Waals surface area contributed by atoms with E-state index in [2.05, 4.69) is 11.4 Å². The largest absolute Gasteiger partial charge is 0.381 e. The van der Waals surface area contributed by atoms with Crippen molar-refractivity contribution < 1.29 is 4.74 Å². The predicted octanol–water partition coefficient (Wildman–Crippen LogP) is 2.08. The van der Waals surface area contributed by atoms with Crippen molar-refractivity contribution in [3.8, 4) is 6.07 Å². The molecule has 1 N–H and O–H groups in total. The van der Waals surface area contributed by atoms with Crippen molar-refractivity contribution in [1.82, 2.24) is 5.32 Å². The summed E-state index contributed by atoms with van der Waals surface area (Å²) in [5.74, 6) is 0. The molecular weight excluding hydrogens is 188 g/mol. The third kappa shape index (κ3) is 5.15. The van der Waals surface area contributed by atoms with Crippen LogP contribution in [-0.2, 0) is 4.74 Å². The first-order valence-electron chi connectivity index (χ1n) is 5.86. The number of rotatable bonds is 5. The van der Waals surface area contributed by atoms with Crippen LogP contribution in [0.3, 0.4) is 0 Å². The predicted molar refractivity (Wildman–Crippen MR) is 60.5 cm³/mol. The molecule has 3 heteroatoms. The molecule has 0 unspecified atom stereocenters. The Kier molecular flexibility index (Phi) is 5.07. The molecule has 1 rings (SSSR count). The summed E-state index contributed by atoms with van der Waals surface area (Å²) < 4.78 is 5.29. The normalized spacial score (nSPS) is 18.7. The summed E-state index contributed by atoms with van der Waals surface area (Å²) in [5, 5.41) is 12.4. The second-order valence-electron chi connectivity index (χ2n) is 4.94. The minimum Gasteiger partial charge on any atom is -0.381 e. The van der Waals surface area contributed by atoms with E-state index in [1.165, 1.54) is 0 Å². The Morgan fingerprint density at radius 2 is 2.07 bits per heavy atom. The first-order valence-corrected chi connectivity index (χ1v) is 5.86. The molecule has 1 aliphatic heterocycles. The van der Waals surface area contributed by atoms with Crippen LogP contribution >= 0.6 is 0 Å². The van der Waals surface area contributed by atoms with Gasteiger partial charge in [0.2, 0.25) is 0 Å². The molecule has 1 fully saturated rings. The lowest BCUT2D eigenvalue weighted by Crippen LogP contribution is -2.35. The highest BCUT2D eigenvalue weighted by Gasteiger charge is 2.16. The molecule has 0 radical (unpaired) electrons. The zero-order chi connectivity index (χ0) is 11.1. The number of hydrogen-bond donors (Lipinski definition) is 1. The molecule has 0 saturated carbocycles. The average Bonchev–Trinajstić information content (AvgIpc) is 2.26. The van der Waals surface area contributed by atoms with Crippen molar-refractivity contribution in [2.24, 2.45) is 5.41 Å². The highest BCUT2D eigenvalue weighted by molar-refractivity contribution is 4.91. The first kappa shape index (κ1) is 12.5. The molecule has 0 amide bonds. The summed E-state index contributed by atoms with van der Waals surface area (Å²) in [6.45, 7) is 6.81. The molecular formula is C12H22N2O. The lowest BCUT2D eigenvalue weighted by molar-refractivity contribution is 0.0778. The van der Waals surface area contributed by atoms with Crippen LogP contribution in [0.1, 0.15) is 39.5 Å². The maximum Gasteiger partial charge on any atom is 0.0683 e. The van der Waals surface area contributed by atoms with Crippen molar-refractivity contribution in [3.05, 3.63) is 0 Å². The third-order valence-corrected chi connectivity index (χ3v) is 2.94. The van der Waals surface area contributed by atoms with E-state index in [9.17, 15) is 0 Å². The quantitative estimate of drug-likeness (QED) is 0.707. The second kappa shape index (κ2) is 6.09. The van der Waals surface area contributed by atoms with Crippen LogP contribution in [0.25, 0.3) is 0 Å². The van der Waals surface area contributed by atoms with Crippen LogP contribution in [-0.4, -0.2) is 25.8 Å². The van der Waals surface area contributed by atoms with Crippen LogP contribution < -0.4 is 5.32 Å². The Labute approximate surface area is 92.8 Å².